The molecule has 23 heavy (non-hydrogen) atoms. The number of likely N-dealkylation sites (tertiary alicyclic amines) is 1. The maximum absolute atomic E-state index is 12.6. The fourth-order valence-corrected chi connectivity index (χ4v) is 3.37. The lowest BCUT2D eigenvalue weighted by Gasteiger charge is -2.35. The Morgan fingerprint density at radius 3 is 2.70 bits per heavy atom. The Morgan fingerprint density at radius 1 is 1.17 bits per heavy atom. The van der Waals surface area contributed by atoms with E-state index < -0.39 is 6.10 Å². The molecule has 1 saturated heterocycles. The van der Waals surface area contributed by atoms with Gasteiger partial charge in [0.05, 0.1) is 6.10 Å². The summed E-state index contributed by atoms with van der Waals surface area (Å²) in [6.45, 7) is 1.30. The minimum atomic E-state index is -0.536. The molecule has 1 heterocycles. The first-order valence-corrected chi connectivity index (χ1v) is 8.31. The molecule has 3 rings (SSSR count). The summed E-state index contributed by atoms with van der Waals surface area (Å²) < 4.78 is 0. The van der Waals surface area contributed by atoms with Crippen LogP contribution in [0.3, 0.4) is 0 Å². The van der Waals surface area contributed by atoms with Crippen molar-refractivity contribution in [1.29, 1.82) is 0 Å². The van der Waals surface area contributed by atoms with Gasteiger partial charge in [-0.1, -0.05) is 48.0 Å². The lowest BCUT2D eigenvalue weighted by molar-refractivity contribution is 0.0401. The molecule has 0 saturated carbocycles. The van der Waals surface area contributed by atoms with Crippen LogP contribution in [0.1, 0.15) is 34.9 Å². The maximum atomic E-state index is 12.6. The molecule has 120 valence electrons. The van der Waals surface area contributed by atoms with E-state index in [0.717, 1.165) is 24.9 Å². The van der Waals surface area contributed by atoms with Crippen molar-refractivity contribution in [1.82, 2.24) is 4.90 Å². The molecule has 0 aliphatic carbocycles. The highest BCUT2D eigenvalue weighted by Gasteiger charge is 2.29. The topological polar surface area (TPSA) is 40.5 Å². The van der Waals surface area contributed by atoms with Crippen LogP contribution in [0.25, 0.3) is 0 Å². The third kappa shape index (κ3) is 3.74. The fourth-order valence-electron chi connectivity index (χ4n) is 3.18. The van der Waals surface area contributed by atoms with Crippen molar-refractivity contribution in [2.75, 3.05) is 13.1 Å². The van der Waals surface area contributed by atoms with Gasteiger partial charge in [-0.3, -0.25) is 4.79 Å². The van der Waals surface area contributed by atoms with Crippen LogP contribution < -0.4 is 0 Å². The van der Waals surface area contributed by atoms with Crippen LogP contribution in [0, 0.1) is 5.92 Å². The number of benzene rings is 2. The summed E-state index contributed by atoms with van der Waals surface area (Å²) in [5.41, 5.74) is 1.52. The number of carbonyl (C=O) groups is 1. The van der Waals surface area contributed by atoms with Crippen molar-refractivity contribution in [3.8, 4) is 0 Å². The van der Waals surface area contributed by atoms with Gasteiger partial charge >= 0.3 is 0 Å². The number of amides is 1. The maximum Gasteiger partial charge on any atom is 0.253 e. The average Bonchev–Trinajstić information content (AvgIpc) is 2.61. The molecule has 2 aromatic carbocycles. The van der Waals surface area contributed by atoms with E-state index in [9.17, 15) is 9.90 Å². The second-order valence-electron chi connectivity index (χ2n) is 6.02. The van der Waals surface area contributed by atoms with E-state index in [0.29, 0.717) is 17.1 Å². The van der Waals surface area contributed by atoms with Crippen molar-refractivity contribution in [2.24, 2.45) is 5.92 Å². The van der Waals surface area contributed by atoms with Crippen LogP contribution in [0.15, 0.2) is 54.6 Å². The number of halogens is 1. The molecule has 1 aliphatic rings. The second-order valence-corrected chi connectivity index (χ2v) is 6.46. The van der Waals surface area contributed by atoms with Gasteiger partial charge in [0, 0.05) is 29.6 Å². The Hall–Kier alpha value is -1.84. The molecule has 2 unspecified atom stereocenters. The first-order valence-electron chi connectivity index (χ1n) is 7.93. The van der Waals surface area contributed by atoms with E-state index in [2.05, 4.69) is 0 Å². The molecule has 4 heteroatoms. The highest BCUT2D eigenvalue weighted by molar-refractivity contribution is 6.30. The number of piperidine rings is 1. The number of hydrogen-bond acceptors (Lipinski definition) is 2. The summed E-state index contributed by atoms with van der Waals surface area (Å²) in [7, 11) is 0. The predicted octanol–water partition coefficient (Wildman–Crippen LogP) is 3.93. The zero-order chi connectivity index (χ0) is 16.2. The molecule has 0 aromatic heterocycles. The third-order valence-corrected chi connectivity index (χ3v) is 4.64. The summed E-state index contributed by atoms with van der Waals surface area (Å²) in [4.78, 5) is 14.5. The Bertz CT molecular complexity index is 674. The minimum absolute atomic E-state index is 0.0162. The summed E-state index contributed by atoms with van der Waals surface area (Å²) in [5.74, 6) is 0.0479. The standard InChI is InChI=1S/C19H20ClNO2/c20-17-10-4-8-15(12-17)19(23)21-11-5-9-16(13-21)18(22)14-6-2-1-3-7-14/h1-4,6-8,10,12,16,18,22H,5,9,11,13H2. The summed E-state index contributed by atoms with van der Waals surface area (Å²) in [6.07, 6.45) is 1.29. The number of rotatable bonds is 3. The zero-order valence-electron chi connectivity index (χ0n) is 12.9. The van der Waals surface area contributed by atoms with Crippen LogP contribution >= 0.6 is 11.6 Å². The van der Waals surface area contributed by atoms with Gasteiger partial charge in [0.25, 0.3) is 5.91 Å². The molecule has 1 amide bonds. The molecule has 2 aromatic rings. The molecule has 1 aliphatic heterocycles. The quantitative estimate of drug-likeness (QED) is 0.927. The van der Waals surface area contributed by atoms with E-state index in [1.807, 2.05) is 35.2 Å². The third-order valence-electron chi connectivity index (χ3n) is 4.40. The van der Waals surface area contributed by atoms with Gasteiger partial charge < -0.3 is 10.0 Å². The average molecular weight is 330 g/mol. The molecule has 0 radical (unpaired) electrons. The van der Waals surface area contributed by atoms with E-state index in [4.69, 9.17) is 11.6 Å². The van der Waals surface area contributed by atoms with Crippen molar-refractivity contribution in [3.63, 3.8) is 0 Å². The first kappa shape index (κ1) is 16.0. The predicted molar refractivity (Wildman–Crippen MR) is 91.5 cm³/mol. The van der Waals surface area contributed by atoms with Crippen molar-refractivity contribution in [3.05, 3.63) is 70.7 Å². The highest BCUT2D eigenvalue weighted by Crippen LogP contribution is 2.30. The smallest absolute Gasteiger partial charge is 0.253 e. The molecule has 1 N–H and O–H groups in total. The largest absolute Gasteiger partial charge is 0.388 e. The molecule has 1 fully saturated rings. The Labute approximate surface area is 141 Å². The summed E-state index contributed by atoms with van der Waals surface area (Å²) in [5, 5.41) is 11.2. The van der Waals surface area contributed by atoms with Crippen LogP contribution in [0.2, 0.25) is 5.02 Å². The zero-order valence-corrected chi connectivity index (χ0v) is 13.6. The number of aliphatic hydroxyl groups is 1. The van der Waals surface area contributed by atoms with E-state index in [1.54, 1.807) is 24.3 Å². The van der Waals surface area contributed by atoms with Gasteiger partial charge in [-0.25, -0.2) is 0 Å². The molecule has 2 atom stereocenters. The molecular weight excluding hydrogens is 310 g/mol. The van der Waals surface area contributed by atoms with Gasteiger partial charge in [-0.2, -0.15) is 0 Å². The van der Waals surface area contributed by atoms with Gasteiger partial charge in [0.2, 0.25) is 0 Å². The number of hydrogen-bond donors (Lipinski definition) is 1. The molecule has 0 bridgehead atoms. The lowest BCUT2D eigenvalue weighted by atomic mass is 9.88. The number of nitrogens with zero attached hydrogens (tertiary/aromatic N) is 1. The van der Waals surface area contributed by atoms with Gasteiger partial charge in [-0.15, -0.1) is 0 Å². The molecule has 0 spiro atoms. The number of aliphatic hydroxyl groups excluding tert-OH is 1. The normalized spacial score (nSPS) is 19.4. The first-order chi connectivity index (χ1) is 11.1. The van der Waals surface area contributed by atoms with Crippen LogP contribution in [0.4, 0.5) is 0 Å². The SMILES string of the molecule is O=C(c1cccc(Cl)c1)N1CCCC(C(O)c2ccccc2)C1. The van der Waals surface area contributed by atoms with Crippen molar-refractivity contribution in [2.45, 2.75) is 18.9 Å². The van der Waals surface area contributed by atoms with Gasteiger partial charge in [-0.05, 0) is 36.6 Å². The van der Waals surface area contributed by atoms with Crippen LogP contribution in [-0.2, 0) is 0 Å². The Balaban J connectivity index is 1.72. The minimum Gasteiger partial charge on any atom is -0.388 e. The Kier molecular flexibility index (Phi) is 4.99. The molecule has 3 nitrogen and oxygen atoms in total. The lowest BCUT2D eigenvalue weighted by Crippen LogP contribution is -2.41. The van der Waals surface area contributed by atoms with E-state index in [1.165, 1.54) is 0 Å². The second kappa shape index (κ2) is 7.16. The fraction of sp³-hybridized carbons (Fsp3) is 0.316. The Morgan fingerprint density at radius 2 is 1.96 bits per heavy atom. The number of carbonyl (C=O) groups excluding carboxylic acids is 1. The van der Waals surface area contributed by atoms with E-state index >= 15 is 0 Å². The van der Waals surface area contributed by atoms with Crippen LogP contribution in [-0.4, -0.2) is 29.0 Å². The van der Waals surface area contributed by atoms with Crippen molar-refractivity contribution < 1.29 is 9.90 Å². The monoisotopic (exact) mass is 329 g/mol. The molecular formula is C19H20ClNO2. The summed E-state index contributed by atoms with van der Waals surface area (Å²) >= 11 is 5.98. The van der Waals surface area contributed by atoms with Gasteiger partial charge in [0.1, 0.15) is 0 Å². The summed E-state index contributed by atoms with van der Waals surface area (Å²) in [6, 6.07) is 16.7. The van der Waals surface area contributed by atoms with Crippen molar-refractivity contribution >= 4 is 17.5 Å². The van der Waals surface area contributed by atoms with Crippen LogP contribution in [0.5, 0.6) is 0 Å². The van der Waals surface area contributed by atoms with Gasteiger partial charge in [0.15, 0.2) is 0 Å². The van der Waals surface area contributed by atoms with E-state index in [-0.39, 0.29) is 11.8 Å². The highest BCUT2D eigenvalue weighted by atomic mass is 35.5.